The zero-order valence-corrected chi connectivity index (χ0v) is 23.9. The Balaban J connectivity index is 1.42. The molecule has 0 aliphatic carbocycles. The average Bonchev–Trinajstić information content (AvgIpc) is 3.00. The van der Waals surface area contributed by atoms with Crippen molar-refractivity contribution in [3.63, 3.8) is 0 Å². The third-order valence-corrected chi connectivity index (χ3v) is 8.12. The highest BCUT2D eigenvalue weighted by Gasteiger charge is 2.32. The Morgan fingerprint density at radius 3 is 2.21 bits per heavy atom. The minimum atomic E-state index is -0.976. The summed E-state index contributed by atoms with van der Waals surface area (Å²) in [7, 11) is 0. The van der Waals surface area contributed by atoms with Crippen LogP contribution in [-0.2, 0) is 25.7 Å². The van der Waals surface area contributed by atoms with Gasteiger partial charge in [-0.1, -0.05) is 55.0 Å². The number of anilines is 1. The molecule has 0 saturated carbocycles. The summed E-state index contributed by atoms with van der Waals surface area (Å²) in [5.74, 6) is -1.41. The van der Waals surface area contributed by atoms with Crippen molar-refractivity contribution < 1.29 is 39.2 Å². The summed E-state index contributed by atoms with van der Waals surface area (Å²) in [6, 6.07) is 21.7. The number of carbonyl (C=O) groups is 3. The summed E-state index contributed by atoms with van der Waals surface area (Å²) in [6.07, 6.45) is 1.65. The van der Waals surface area contributed by atoms with Crippen molar-refractivity contribution in [2.75, 3.05) is 11.1 Å². The second-order valence-corrected chi connectivity index (χ2v) is 11.1. The highest BCUT2D eigenvalue weighted by molar-refractivity contribution is 7.99. The number of aliphatic hydroxyl groups is 1. The first-order valence-corrected chi connectivity index (χ1v) is 14.9. The van der Waals surface area contributed by atoms with E-state index in [2.05, 4.69) is 5.32 Å². The van der Waals surface area contributed by atoms with Crippen molar-refractivity contribution in [3.8, 4) is 0 Å². The van der Waals surface area contributed by atoms with Gasteiger partial charge in [-0.2, -0.15) is 0 Å². The first-order chi connectivity index (χ1) is 20.3. The molecule has 222 valence electrons. The monoisotopic (exact) mass is 593 g/mol. The van der Waals surface area contributed by atoms with Crippen molar-refractivity contribution in [2.45, 2.75) is 68.5 Å². The van der Waals surface area contributed by atoms with Gasteiger partial charge in [0.05, 0.1) is 24.4 Å². The van der Waals surface area contributed by atoms with Crippen LogP contribution in [0.5, 0.6) is 0 Å². The van der Waals surface area contributed by atoms with Crippen LogP contribution in [0.4, 0.5) is 5.69 Å². The molecule has 0 unspecified atom stereocenters. The molecule has 3 atom stereocenters. The number of carboxylic acids is 2. The number of aliphatic hydroxyl groups excluding tert-OH is 1. The van der Waals surface area contributed by atoms with E-state index in [1.54, 1.807) is 30.3 Å². The lowest BCUT2D eigenvalue weighted by Crippen LogP contribution is -2.31. The number of benzene rings is 3. The maximum Gasteiger partial charge on any atom is 0.336 e. The summed E-state index contributed by atoms with van der Waals surface area (Å²) < 4.78 is 12.7. The number of rotatable bonds is 14. The van der Waals surface area contributed by atoms with Crippen molar-refractivity contribution in [2.24, 2.45) is 0 Å². The fourth-order valence-electron chi connectivity index (χ4n) is 4.66. The topological polar surface area (TPSA) is 142 Å². The van der Waals surface area contributed by atoms with Gasteiger partial charge < -0.3 is 30.1 Å². The van der Waals surface area contributed by atoms with E-state index in [9.17, 15) is 24.6 Å². The number of aliphatic carboxylic acids is 1. The number of carboxylic acid groups (broad SMARTS) is 2. The third kappa shape index (κ3) is 9.15. The second-order valence-electron chi connectivity index (χ2n) is 10.1. The first-order valence-electron chi connectivity index (χ1n) is 13.9. The summed E-state index contributed by atoms with van der Waals surface area (Å²) in [5, 5.41) is 30.6. The molecule has 1 aliphatic rings. The largest absolute Gasteiger partial charge is 0.481 e. The van der Waals surface area contributed by atoms with Crippen molar-refractivity contribution in [1.82, 2.24) is 0 Å². The lowest BCUT2D eigenvalue weighted by molar-refractivity contribution is -0.245. The zero-order chi connectivity index (χ0) is 29.9. The Labute approximate surface area is 248 Å². The predicted octanol–water partition coefficient (Wildman–Crippen LogP) is 6.19. The van der Waals surface area contributed by atoms with Crippen LogP contribution < -0.4 is 5.32 Å². The first kappa shape index (κ1) is 31.2. The minimum Gasteiger partial charge on any atom is -0.481 e. The molecule has 1 aliphatic heterocycles. The number of aromatic carboxylic acids is 1. The fourth-order valence-corrected chi connectivity index (χ4v) is 5.73. The number of carbonyl (C=O) groups excluding carboxylic acids is 1. The van der Waals surface area contributed by atoms with Gasteiger partial charge in [0.1, 0.15) is 0 Å². The van der Waals surface area contributed by atoms with Crippen molar-refractivity contribution in [1.29, 1.82) is 0 Å². The molecule has 0 radical (unpaired) electrons. The van der Waals surface area contributed by atoms with Gasteiger partial charge in [0, 0.05) is 41.2 Å². The quantitative estimate of drug-likeness (QED) is 0.127. The molecule has 0 spiro atoms. The van der Waals surface area contributed by atoms with Gasteiger partial charge in [0.25, 0.3) is 0 Å². The Hall–Kier alpha value is -3.70. The van der Waals surface area contributed by atoms with Gasteiger partial charge in [0.2, 0.25) is 5.91 Å². The molecule has 42 heavy (non-hydrogen) atoms. The van der Waals surface area contributed by atoms with Crippen LogP contribution in [0.2, 0.25) is 0 Å². The summed E-state index contributed by atoms with van der Waals surface area (Å²) in [5.41, 5.74) is 3.42. The average molecular weight is 594 g/mol. The van der Waals surface area contributed by atoms with Crippen LogP contribution in [0.1, 0.15) is 78.0 Å². The Bertz CT molecular complexity index is 1350. The molecule has 1 saturated heterocycles. The van der Waals surface area contributed by atoms with E-state index < -0.39 is 18.2 Å². The molecule has 1 amide bonds. The van der Waals surface area contributed by atoms with E-state index in [1.165, 1.54) is 11.8 Å². The molecule has 3 aromatic rings. The number of thioether (sulfide) groups is 1. The lowest BCUT2D eigenvalue weighted by Gasteiger charge is -2.36. The van der Waals surface area contributed by atoms with Gasteiger partial charge in [0.15, 0.2) is 6.29 Å². The van der Waals surface area contributed by atoms with E-state index in [0.29, 0.717) is 48.4 Å². The predicted molar refractivity (Wildman–Crippen MR) is 158 cm³/mol. The Kier molecular flexibility index (Phi) is 11.5. The maximum atomic E-state index is 12.3. The minimum absolute atomic E-state index is 0.0482. The second kappa shape index (κ2) is 15.5. The van der Waals surface area contributed by atoms with Crippen LogP contribution in [0.15, 0.2) is 77.7 Å². The van der Waals surface area contributed by atoms with Crippen LogP contribution in [-0.4, -0.2) is 45.0 Å². The van der Waals surface area contributed by atoms with E-state index in [4.69, 9.17) is 14.6 Å². The number of hydrogen-bond donors (Lipinski definition) is 4. The Morgan fingerprint density at radius 2 is 1.52 bits per heavy atom. The molecule has 4 N–H and O–H groups in total. The molecular weight excluding hydrogens is 558 g/mol. The molecule has 9 nitrogen and oxygen atoms in total. The molecule has 1 fully saturated rings. The molecule has 0 bridgehead atoms. The lowest BCUT2D eigenvalue weighted by atomic mass is 10.0. The van der Waals surface area contributed by atoms with Crippen LogP contribution in [0.3, 0.4) is 0 Å². The highest BCUT2D eigenvalue weighted by atomic mass is 32.2. The Morgan fingerprint density at radius 1 is 0.833 bits per heavy atom. The van der Waals surface area contributed by atoms with Crippen molar-refractivity contribution in [3.05, 3.63) is 95.1 Å². The normalized spacial score (nSPS) is 18.4. The van der Waals surface area contributed by atoms with E-state index >= 15 is 0 Å². The standard InChI is InChI=1S/C32H35NO8S/c34-19-21-10-12-22(13-11-21)27-18-25(20-42-28-7-5-4-6-26(28)31(38)39)40-32(41-27)23-14-16-24(17-15-23)33-29(35)8-2-1-3-9-30(36)37/h4-7,10-17,25,27,32,34H,1-3,8-9,18-20H2,(H,33,35)(H,36,37)(H,38,39)/t25-,27+,32+/m0/s1. The van der Waals surface area contributed by atoms with Gasteiger partial charge in [-0.05, 0) is 48.2 Å². The van der Waals surface area contributed by atoms with Crippen molar-refractivity contribution >= 4 is 35.3 Å². The van der Waals surface area contributed by atoms with Gasteiger partial charge >= 0.3 is 11.9 Å². The van der Waals surface area contributed by atoms with Gasteiger partial charge in [-0.3, -0.25) is 9.59 Å². The van der Waals surface area contributed by atoms with E-state index in [0.717, 1.165) is 16.7 Å². The van der Waals surface area contributed by atoms with E-state index in [1.807, 2.05) is 42.5 Å². The molecule has 3 aromatic carbocycles. The number of unbranched alkanes of at least 4 members (excludes halogenated alkanes) is 2. The smallest absolute Gasteiger partial charge is 0.336 e. The maximum absolute atomic E-state index is 12.3. The molecule has 4 rings (SSSR count). The number of ether oxygens (including phenoxy) is 2. The molecule has 1 heterocycles. The molecule has 0 aromatic heterocycles. The summed E-state index contributed by atoms with van der Waals surface area (Å²) >= 11 is 1.43. The third-order valence-electron chi connectivity index (χ3n) is 6.92. The van der Waals surface area contributed by atoms with Gasteiger partial charge in [-0.25, -0.2) is 4.79 Å². The SMILES string of the molecule is O=C(O)CCCCCC(=O)Nc1ccc([C@@H]2O[C@H](CSc3ccccc3C(=O)O)C[C@H](c3ccc(CO)cc3)O2)cc1. The number of amides is 1. The van der Waals surface area contributed by atoms with Crippen LogP contribution in [0, 0.1) is 0 Å². The number of hydrogen-bond acceptors (Lipinski definition) is 7. The van der Waals surface area contributed by atoms with Crippen LogP contribution in [0.25, 0.3) is 0 Å². The highest BCUT2D eigenvalue weighted by Crippen LogP contribution is 2.40. The fraction of sp³-hybridized carbons (Fsp3) is 0.344. The van der Waals surface area contributed by atoms with E-state index in [-0.39, 0.29) is 36.7 Å². The molecule has 10 heteroatoms. The van der Waals surface area contributed by atoms with Gasteiger partial charge in [-0.15, -0.1) is 11.8 Å². The number of nitrogens with one attached hydrogen (secondary N) is 1. The van der Waals surface area contributed by atoms with Crippen LogP contribution >= 0.6 is 11.8 Å². The summed E-state index contributed by atoms with van der Waals surface area (Å²) in [6.45, 7) is -0.0482. The zero-order valence-electron chi connectivity index (χ0n) is 23.1. The summed E-state index contributed by atoms with van der Waals surface area (Å²) in [4.78, 5) is 35.3. The molecular formula is C32H35NO8S.